The second-order valence-electron chi connectivity index (χ2n) is 9.11. The van der Waals surface area contributed by atoms with Crippen LogP contribution in [0.1, 0.15) is 67.4 Å². The Morgan fingerprint density at radius 1 is 1.21 bits per heavy atom. The molecule has 0 unspecified atom stereocenters. The predicted octanol–water partition coefficient (Wildman–Crippen LogP) is 3.83. The summed E-state index contributed by atoms with van der Waals surface area (Å²) in [6.45, 7) is 5.96. The molecule has 2 aliphatic rings. The summed E-state index contributed by atoms with van der Waals surface area (Å²) in [5.41, 5.74) is -0.435. The van der Waals surface area contributed by atoms with E-state index in [0.29, 0.717) is 16.6 Å². The largest absolute Gasteiger partial charge is 0.461 e. The second-order valence-corrected chi connectivity index (χ2v) is 9.55. The number of hydrogen-bond acceptors (Lipinski definition) is 5. The molecular formula is C24H29ClN4O4. The number of carbonyl (C=O) groups is 3. The van der Waals surface area contributed by atoms with Crippen LogP contribution in [0, 0.1) is 5.92 Å². The first-order chi connectivity index (χ1) is 15.7. The van der Waals surface area contributed by atoms with E-state index in [-0.39, 0.29) is 36.5 Å². The first-order valence-electron chi connectivity index (χ1n) is 11.4. The number of aromatic nitrogens is 2. The van der Waals surface area contributed by atoms with Crippen molar-refractivity contribution in [2.75, 3.05) is 11.5 Å². The van der Waals surface area contributed by atoms with Crippen LogP contribution < -0.4 is 10.2 Å². The van der Waals surface area contributed by atoms with Crippen LogP contribution >= 0.6 is 11.6 Å². The van der Waals surface area contributed by atoms with Crippen molar-refractivity contribution in [3.8, 4) is 0 Å². The second kappa shape index (κ2) is 9.17. The lowest BCUT2D eigenvalue weighted by molar-refractivity contribution is -0.127. The van der Waals surface area contributed by atoms with Gasteiger partial charge in [-0.25, -0.2) is 4.79 Å². The number of esters is 1. The summed E-state index contributed by atoms with van der Waals surface area (Å²) in [7, 11) is 0. The van der Waals surface area contributed by atoms with Gasteiger partial charge in [-0.1, -0.05) is 18.5 Å². The van der Waals surface area contributed by atoms with Gasteiger partial charge in [-0.05, 0) is 69.7 Å². The predicted molar refractivity (Wildman–Crippen MR) is 124 cm³/mol. The molecule has 8 nitrogen and oxygen atoms in total. The number of hydrogen-bond donors (Lipinski definition) is 1. The Labute approximate surface area is 198 Å². The van der Waals surface area contributed by atoms with E-state index >= 15 is 0 Å². The van der Waals surface area contributed by atoms with Crippen molar-refractivity contribution < 1.29 is 19.1 Å². The van der Waals surface area contributed by atoms with Gasteiger partial charge in [0.1, 0.15) is 11.2 Å². The Bertz CT molecular complexity index is 1060. The van der Waals surface area contributed by atoms with E-state index in [1.54, 1.807) is 38.1 Å². The maximum Gasteiger partial charge on any atom is 0.358 e. The van der Waals surface area contributed by atoms with E-state index in [4.69, 9.17) is 16.3 Å². The molecule has 4 rings (SSSR count). The molecule has 2 aromatic rings. The summed E-state index contributed by atoms with van der Waals surface area (Å²) in [6, 6.07) is 8.28. The van der Waals surface area contributed by atoms with Crippen LogP contribution in [0.25, 0.3) is 0 Å². The summed E-state index contributed by atoms with van der Waals surface area (Å²) in [4.78, 5) is 41.0. The molecule has 9 heteroatoms. The minimum Gasteiger partial charge on any atom is -0.461 e. The number of rotatable bonds is 5. The van der Waals surface area contributed by atoms with Gasteiger partial charge >= 0.3 is 5.97 Å². The van der Waals surface area contributed by atoms with Crippen molar-refractivity contribution in [1.29, 1.82) is 0 Å². The minimum atomic E-state index is -1.25. The average molecular weight is 473 g/mol. The Hall–Kier alpha value is -2.87. The standard InChI is InChI=1S/C24H29ClN4O4/c1-4-33-22(31)19-13-20-21(30)29(18-11-7-16(25)8-12-18)24(3,14-28(20)27-19)23(32)26-17-9-5-15(2)6-10-17/h7-8,11-13,15,17H,4-6,9-10,14H2,1-3H3,(H,26,32)/t15?,17?,24-/m1/s1. The fraction of sp³-hybridized carbons (Fsp3) is 0.500. The molecule has 0 bridgehead atoms. The normalized spacial score (nSPS) is 24.8. The maximum atomic E-state index is 13.7. The Morgan fingerprint density at radius 3 is 2.52 bits per heavy atom. The maximum absolute atomic E-state index is 13.7. The molecule has 1 aliphatic heterocycles. The fourth-order valence-electron chi connectivity index (χ4n) is 4.63. The fourth-order valence-corrected chi connectivity index (χ4v) is 4.75. The van der Waals surface area contributed by atoms with Gasteiger partial charge in [-0.15, -0.1) is 0 Å². The minimum absolute atomic E-state index is 0.0437. The molecule has 33 heavy (non-hydrogen) atoms. The first kappa shape index (κ1) is 23.3. The number of ether oxygens (including phenoxy) is 1. The number of anilines is 1. The summed E-state index contributed by atoms with van der Waals surface area (Å²) in [5, 5.41) is 7.99. The zero-order valence-corrected chi connectivity index (χ0v) is 19.9. The number of nitrogens with zero attached hydrogens (tertiary/aromatic N) is 3. The van der Waals surface area contributed by atoms with Crippen molar-refractivity contribution in [2.24, 2.45) is 5.92 Å². The third-order valence-electron chi connectivity index (χ3n) is 6.56. The number of fused-ring (bicyclic) bond motifs is 1. The molecule has 0 saturated heterocycles. The lowest BCUT2D eigenvalue weighted by atomic mass is 9.86. The van der Waals surface area contributed by atoms with Crippen LogP contribution in [0.2, 0.25) is 5.02 Å². The highest BCUT2D eigenvalue weighted by Gasteiger charge is 2.49. The molecule has 2 amide bonds. The van der Waals surface area contributed by atoms with Crippen molar-refractivity contribution in [1.82, 2.24) is 15.1 Å². The van der Waals surface area contributed by atoms with Crippen LogP contribution in [-0.4, -0.2) is 45.8 Å². The van der Waals surface area contributed by atoms with E-state index in [0.717, 1.165) is 25.7 Å². The van der Waals surface area contributed by atoms with Gasteiger partial charge in [0.25, 0.3) is 5.91 Å². The Balaban J connectivity index is 1.71. The molecular weight excluding hydrogens is 444 g/mol. The highest BCUT2D eigenvalue weighted by Crippen LogP contribution is 2.34. The Kier molecular flexibility index (Phi) is 6.47. The van der Waals surface area contributed by atoms with Crippen LogP contribution in [-0.2, 0) is 16.1 Å². The topological polar surface area (TPSA) is 93.5 Å². The van der Waals surface area contributed by atoms with Gasteiger partial charge in [0.15, 0.2) is 5.69 Å². The van der Waals surface area contributed by atoms with E-state index in [2.05, 4.69) is 17.3 Å². The molecule has 0 radical (unpaired) electrons. The average Bonchev–Trinajstić information content (AvgIpc) is 3.21. The van der Waals surface area contributed by atoms with Gasteiger partial charge in [0.2, 0.25) is 5.91 Å². The van der Waals surface area contributed by atoms with Crippen LogP contribution in [0.4, 0.5) is 5.69 Å². The molecule has 1 fully saturated rings. The molecule has 0 spiro atoms. The number of nitrogens with one attached hydrogen (secondary N) is 1. The Morgan fingerprint density at radius 2 is 1.88 bits per heavy atom. The van der Waals surface area contributed by atoms with E-state index in [1.807, 2.05) is 0 Å². The van der Waals surface area contributed by atoms with Crippen LogP contribution in [0.15, 0.2) is 30.3 Å². The summed E-state index contributed by atoms with van der Waals surface area (Å²) in [6.07, 6.45) is 3.96. The van der Waals surface area contributed by atoms with Gasteiger partial charge in [-0.3, -0.25) is 19.2 Å². The third kappa shape index (κ3) is 4.49. The van der Waals surface area contributed by atoms with Crippen molar-refractivity contribution in [2.45, 2.75) is 64.6 Å². The van der Waals surface area contributed by atoms with E-state index in [9.17, 15) is 14.4 Å². The molecule has 1 aromatic carbocycles. The third-order valence-corrected chi connectivity index (χ3v) is 6.81. The highest BCUT2D eigenvalue weighted by molar-refractivity contribution is 6.30. The quantitative estimate of drug-likeness (QED) is 0.667. The van der Waals surface area contributed by atoms with E-state index < -0.39 is 17.4 Å². The van der Waals surface area contributed by atoms with Gasteiger partial charge in [0.05, 0.1) is 13.2 Å². The number of benzene rings is 1. The molecule has 1 aliphatic carbocycles. The van der Waals surface area contributed by atoms with E-state index in [1.165, 1.54) is 15.6 Å². The number of halogens is 1. The summed E-state index contributed by atoms with van der Waals surface area (Å²) >= 11 is 6.06. The number of carbonyl (C=O) groups excluding carboxylic acids is 3. The van der Waals surface area contributed by atoms with Gasteiger partial charge in [-0.2, -0.15) is 5.10 Å². The highest BCUT2D eigenvalue weighted by atomic mass is 35.5. The molecule has 1 saturated carbocycles. The molecule has 1 atom stereocenters. The lowest BCUT2D eigenvalue weighted by Gasteiger charge is -2.44. The molecule has 176 valence electrons. The summed E-state index contributed by atoms with van der Waals surface area (Å²) < 4.78 is 6.47. The van der Waals surface area contributed by atoms with Crippen LogP contribution in [0.5, 0.6) is 0 Å². The van der Waals surface area contributed by atoms with Crippen molar-refractivity contribution in [3.63, 3.8) is 0 Å². The molecule has 1 aromatic heterocycles. The van der Waals surface area contributed by atoms with Gasteiger partial charge < -0.3 is 10.1 Å². The monoisotopic (exact) mass is 472 g/mol. The molecule has 1 N–H and O–H groups in total. The van der Waals surface area contributed by atoms with Gasteiger partial charge in [0, 0.05) is 22.8 Å². The van der Waals surface area contributed by atoms with Crippen molar-refractivity contribution in [3.05, 3.63) is 46.7 Å². The van der Waals surface area contributed by atoms with Crippen LogP contribution in [0.3, 0.4) is 0 Å². The smallest absolute Gasteiger partial charge is 0.358 e. The number of amides is 2. The SMILES string of the molecule is CCOC(=O)c1cc2n(n1)C[C@](C)(C(=O)NC1CCC(C)CC1)N(c1ccc(Cl)cc1)C2=O. The zero-order valence-electron chi connectivity index (χ0n) is 19.1. The molecule has 2 heterocycles. The summed E-state index contributed by atoms with van der Waals surface area (Å²) in [5.74, 6) is -0.609. The first-order valence-corrected chi connectivity index (χ1v) is 11.8. The zero-order chi connectivity index (χ0) is 23.8. The van der Waals surface area contributed by atoms with Crippen molar-refractivity contribution >= 4 is 35.1 Å². The lowest BCUT2D eigenvalue weighted by Crippen LogP contribution is -2.65.